The molecule has 2 N–H and O–H groups in total. The van der Waals surface area contributed by atoms with Crippen molar-refractivity contribution < 1.29 is 37.1 Å². The third kappa shape index (κ3) is 5.74. The summed E-state index contributed by atoms with van der Waals surface area (Å²) < 4.78 is 44.1. The first kappa shape index (κ1) is 27.7. The maximum absolute atomic E-state index is 13.1. The molecule has 0 spiro atoms. The van der Waals surface area contributed by atoms with Crippen molar-refractivity contribution in [3.8, 4) is 0 Å². The number of methoxy groups -OCH3 is 1. The van der Waals surface area contributed by atoms with Crippen molar-refractivity contribution in [3.63, 3.8) is 0 Å². The molecular weight excluding hydrogens is 562 g/mol. The smallest absolute Gasteiger partial charge is 0.417 e. The van der Waals surface area contributed by atoms with Gasteiger partial charge < -0.3 is 15.4 Å². The summed E-state index contributed by atoms with van der Waals surface area (Å²) in [6.07, 6.45) is -4.71. The number of alkyl halides is 3. The number of nitrogens with zero attached hydrogens (tertiary/aromatic N) is 1. The van der Waals surface area contributed by atoms with Gasteiger partial charge in [0.05, 0.1) is 28.9 Å². The zero-order chi connectivity index (χ0) is 28.5. The third-order valence-corrected chi connectivity index (χ3v) is 6.16. The third-order valence-electron chi connectivity index (χ3n) is 5.48. The topological polar surface area (TPSA) is 105 Å². The molecule has 3 amide bonds. The van der Waals surface area contributed by atoms with Gasteiger partial charge in [0.2, 0.25) is 0 Å². The van der Waals surface area contributed by atoms with Gasteiger partial charge >= 0.3 is 12.1 Å². The first-order valence-electron chi connectivity index (χ1n) is 10.9. The normalized spacial score (nSPS) is 13.5. The fourth-order valence-corrected chi connectivity index (χ4v) is 4.08. The first-order chi connectivity index (χ1) is 18.4. The van der Waals surface area contributed by atoms with E-state index in [1.807, 2.05) is 0 Å². The molecule has 0 unspecified atom stereocenters. The number of carbonyl (C=O) groups excluding carboxylic acids is 4. The van der Waals surface area contributed by atoms with Gasteiger partial charge in [0.15, 0.2) is 0 Å². The highest BCUT2D eigenvalue weighted by atomic mass is 35.5. The van der Waals surface area contributed by atoms with Gasteiger partial charge in [0.25, 0.3) is 17.7 Å². The van der Waals surface area contributed by atoms with E-state index < -0.39 is 45.5 Å². The van der Waals surface area contributed by atoms with Crippen LogP contribution in [0.5, 0.6) is 0 Å². The van der Waals surface area contributed by atoms with Gasteiger partial charge in [-0.2, -0.15) is 13.2 Å². The summed E-state index contributed by atoms with van der Waals surface area (Å²) in [4.78, 5) is 51.2. The quantitative estimate of drug-likeness (QED) is 0.282. The van der Waals surface area contributed by atoms with E-state index in [0.29, 0.717) is 6.07 Å². The SMILES string of the molecule is COC(=O)c1cccc(N2C(=O)C(Cl)=C(Nc3cccc(C(=O)Nc4ccc(Cl)c(C(F)(F)F)c4)c3)C2=O)c1. The van der Waals surface area contributed by atoms with Crippen LogP contribution in [0.25, 0.3) is 0 Å². The summed E-state index contributed by atoms with van der Waals surface area (Å²) >= 11 is 11.8. The molecule has 0 aliphatic carbocycles. The van der Waals surface area contributed by atoms with Gasteiger partial charge in [-0.3, -0.25) is 14.4 Å². The second-order valence-electron chi connectivity index (χ2n) is 8.03. The number of carbonyl (C=O) groups is 4. The Balaban J connectivity index is 1.54. The Morgan fingerprint density at radius 2 is 1.56 bits per heavy atom. The summed E-state index contributed by atoms with van der Waals surface area (Å²) in [5.41, 5.74) is -1.12. The lowest BCUT2D eigenvalue weighted by atomic mass is 10.1. The fraction of sp³-hybridized carbons (Fsp3) is 0.0769. The lowest BCUT2D eigenvalue weighted by Gasteiger charge is -2.16. The summed E-state index contributed by atoms with van der Waals surface area (Å²) in [7, 11) is 1.19. The minimum absolute atomic E-state index is 0.0274. The monoisotopic (exact) mass is 577 g/mol. The van der Waals surface area contributed by atoms with Crippen LogP contribution in [-0.2, 0) is 20.5 Å². The van der Waals surface area contributed by atoms with Crippen LogP contribution < -0.4 is 15.5 Å². The van der Waals surface area contributed by atoms with Crippen molar-refractivity contribution in [1.29, 1.82) is 0 Å². The summed E-state index contributed by atoms with van der Waals surface area (Å²) in [5, 5.41) is 4.13. The fourth-order valence-electron chi connectivity index (χ4n) is 3.64. The molecule has 200 valence electrons. The first-order valence-corrected chi connectivity index (χ1v) is 11.7. The average molecular weight is 578 g/mol. The van der Waals surface area contributed by atoms with Gasteiger partial charge in [-0.05, 0) is 54.6 Å². The Morgan fingerprint density at radius 1 is 0.872 bits per heavy atom. The molecule has 13 heteroatoms. The molecule has 4 rings (SSSR count). The zero-order valence-corrected chi connectivity index (χ0v) is 21.2. The molecule has 1 heterocycles. The maximum atomic E-state index is 13.1. The molecule has 3 aromatic rings. The number of anilines is 3. The van der Waals surface area contributed by atoms with E-state index in [0.717, 1.165) is 11.0 Å². The van der Waals surface area contributed by atoms with Gasteiger partial charge in [0, 0.05) is 16.9 Å². The van der Waals surface area contributed by atoms with Crippen LogP contribution in [0, 0.1) is 0 Å². The zero-order valence-electron chi connectivity index (χ0n) is 19.7. The maximum Gasteiger partial charge on any atom is 0.417 e. The van der Waals surface area contributed by atoms with E-state index in [1.165, 1.54) is 61.7 Å². The Morgan fingerprint density at radius 3 is 2.26 bits per heavy atom. The lowest BCUT2D eigenvalue weighted by molar-refractivity contribution is -0.137. The van der Waals surface area contributed by atoms with Crippen LogP contribution in [0.15, 0.2) is 77.5 Å². The number of hydrogen-bond donors (Lipinski definition) is 2. The predicted molar refractivity (Wildman–Crippen MR) is 138 cm³/mol. The number of nitrogens with one attached hydrogen (secondary N) is 2. The van der Waals surface area contributed by atoms with Crippen molar-refractivity contribution >= 4 is 64.0 Å². The molecule has 0 aromatic heterocycles. The second kappa shape index (κ2) is 10.8. The number of ether oxygens (including phenoxy) is 1. The number of benzene rings is 3. The van der Waals surface area contributed by atoms with Crippen molar-refractivity contribution in [2.45, 2.75) is 6.18 Å². The van der Waals surface area contributed by atoms with E-state index in [2.05, 4.69) is 15.4 Å². The Kier molecular flexibility index (Phi) is 7.66. The number of amides is 3. The lowest BCUT2D eigenvalue weighted by Crippen LogP contribution is -2.32. The Bertz CT molecular complexity index is 1560. The molecule has 0 fully saturated rings. The highest BCUT2D eigenvalue weighted by molar-refractivity contribution is 6.53. The van der Waals surface area contributed by atoms with Crippen LogP contribution in [0.2, 0.25) is 5.02 Å². The molecule has 3 aromatic carbocycles. The molecule has 1 aliphatic heterocycles. The molecule has 0 atom stereocenters. The minimum atomic E-state index is -4.71. The highest BCUT2D eigenvalue weighted by Gasteiger charge is 2.39. The van der Waals surface area contributed by atoms with Crippen LogP contribution in [0.1, 0.15) is 26.3 Å². The highest BCUT2D eigenvalue weighted by Crippen LogP contribution is 2.36. The van der Waals surface area contributed by atoms with Gasteiger partial charge in [-0.25, -0.2) is 9.69 Å². The largest absolute Gasteiger partial charge is 0.465 e. The van der Waals surface area contributed by atoms with E-state index >= 15 is 0 Å². The standard InChI is InChI=1S/C26H16Cl2F3N3O5/c1-39-25(38)14-5-3-7-17(11-14)34-23(36)20(28)21(24(34)37)32-15-6-2-4-13(10-15)22(35)33-16-8-9-19(27)18(12-16)26(29,30)31/h2-12,32H,1H3,(H,33,35). The van der Waals surface area contributed by atoms with E-state index in [9.17, 15) is 32.3 Å². The molecule has 0 saturated carbocycles. The second-order valence-corrected chi connectivity index (χ2v) is 8.81. The molecular formula is C26H16Cl2F3N3O5. The summed E-state index contributed by atoms with van der Waals surface area (Å²) in [6.45, 7) is 0. The Labute approximate surface area is 228 Å². The minimum Gasteiger partial charge on any atom is -0.465 e. The number of hydrogen-bond acceptors (Lipinski definition) is 6. The molecule has 1 aliphatic rings. The van der Waals surface area contributed by atoms with E-state index in [1.54, 1.807) is 0 Å². The van der Waals surface area contributed by atoms with Crippen molar-refractivity contribution in [1.82, 2.24) is 0 Å². The number of rotatable bonds is 6. The van der Waals surface area contributed by atoms with Crippen molar-refractivity contribution in [3.05, 3.63) is 99.2 Å². The van der Waals surface area contributed by atoms with E-state index in [4.69, 9.17) is 23.2 Å². The van der Waals surface area contributed by atoms with Crippen molar-refractivity contribution in [2.24, 2.45) is 0 Å². The molecule has 39 heavy (non-hydrogen) atoms. The van der Waals surface area contributed by atoms with Crippen molar-refractivity contribution in [2.75, 3.05) is 22.6 Å². The molecule has 0 radical (unpaired) electrons. The summed E-state index contributed by atoms with van der Waals surface area (Å²) in [6, 6.07) is 14.2. The van der Waals surface area contributed by atoms with Gasteiger partial charge in [-0.15, -0.1) is 0 Å². The molecule has 0 saturated heterocycles. The van der Waals surface area contributed by atoms with Crippen LogP contribution in [0.3, 0.4) is 0 Å². The molecule has 8 nitrogen and oxygen atoms in total. The average Bonchev–Trinajstić information content (AvgIpc) is 3.11. The van der Waals surface area contributed by atoms with Gasteiger partial charge in [0.1, 0.15) is 10.7 Å². The van der Waals surface area contributed by atoms with Crippen LogP contribution in [-0.4, -0.2) is 30.8 Å². The van der Waals surface area contributed by atoms with Gasteiger partial charge in [-0.1, -0.05) is 35.3 Å². The number of imide groups is 1. The van der Waals surface area contributed by atoms with Crippen LogP contribution in [0.4, 0.5) is 30.2 Å². The van der Waals surface area contributed by atoms with E-state index in [-0.39, 0.29) is 33.9 Å². The van der Waals surface area contributed by atoms with Crippen LogP contribution >= 0.6 is 23.2 Å². The predicted octanol–water partition coefficient (Wildman–Crippen LogP) is 5.83. The number of esters is 1. The molecule has 0 bridgehead atoms. The number of halogens is 5. The Hall–Kier alpha value is -4.35. The summed E-state index contributed by atoms with van der Waals surface area (Å²) in [5.74, 6) is -3.08.